The van der Waals surface area contributed by atoms with Gasteiger partial charge in [0.15, 0.2) is 0 Å². The van der Waals surface area contributed by atoms with Crippen molar-refractivity contribution in [2.24, 2.45) is 0 Å². The van der Waals surface area contributed by atoms with Gasteiger partial charge in [-0.05, 0) is 32.7 Å². The van der Waals surface area contributed by atoms with Crippen LogP contribution in [-0.4, -0.2) is 34.5 Å². The van der Waals surface area contributed by atoms with Crippen molar-refractivity contribution in [3.8, 4) is 0 Å². The smallest absolute Gasteiger partial charge is 0.144 e. The molecule has 0 aliphatic heterocycles. The van der Waals surface area contributed by atoms with Gasteiger partial charge in [0, 0.05) is 24.8 Å². The highest BCUT2D eigenvalue weighted by molar-refractivity contribution is 5.34. The van der Waals surface area contributed by atoms with E-state index in [0.29, 0.717) is 0 Å². The zero-order chi connectivity index (χ0) is 12.3. The first-order valence-corrected chi connectivity index (χ1v) is 6.49. The lowest BCUT2D eigenvalue weighted by Gasteiger charge is -2.20. The van der Waals surface area contributed by atoms with Crippen LogP contribution in [0, 0.1) is 6.92 Å². The van der Waals surface area contributed by atoms with Gasteiger partial charge in [-0.15, -0.1) is 0 Å². The van der Waals surface area contributed by atoms with Gasteiger partial charge in [0.05, 0.1) is 6.54 Å². The van der Waals surface area contributed by atoms with E-state index >= 15 is 0 Å². The number of nitrogens with zero attached hydrogens (tertiary/aromatic N) is 3. The molecular weight excluding hydrogens is 212 g/mol. The Balaban J connectivity index is 2.07. The third kappa shape index (κ3) is 3.40. The summed E-state index contributed by atoms with van der Waals surface area (Å²) in [6.07, 6.45) is 3.87. The Bertz CT molecular complexity index is 374. The summed E-state index contributed by atoms with van der Waals surface area (Å²) in [6.45, 7) is 6.28. The van der Waals surface area contributed by atoms with E-state index in [0.717, 1.165) is 36.5 Å². The van der Waals surface area contributed by atoms with Crippen molar-refractivity contribution in [3.05, 3.63) is 17.6 Å². The van der Waals surface area contributed by atoms with Crippen molar-refractivity contribution in [3.63, 3.8) is 0 Å². The van der Waals surface area contributed by atoms with Crippen LogP contribution in [-0.2, 0) is 6.54 Å². The van der Waals surface area contributed by atoms with Crippen molar-refractivity contribution in [1.29, 1.82) is 0 Å². The topological polar surface area (TPSA) is 41.1 Å². The molecule has 1 saturated carbocycles. The fraction of sp³-hybridized carbons (Fsp3) is 0.692. The first kappa shape index (κ1) is 12.3. The van der Waals surface area contributed by atoms with Crippen LogP contribution in [0.15, 0.2) is 6.07 Å². The maximum absolute atomic E-state index is 4.52. The van der Waals surface area contributed by atoms with Gasteiger partial charge in [-0.2, -0.15) is 0 Å². The Hall–Kier alpha value is -1.16. The molecule has 0 unspecified atom stereocenters. The van der Waals surface area contributed by atoms with Gasteiger partial charge < -0.3 is 5.32 Å². The molecular formula is C13H22N4. The van der Waals surface area contributed by atoms with E-state index in [1.807, 2.05) is 20.0 Å². The molecule has 4 heteroatoms. The molecule has 0 bridgehead atoms. The quantitative estimate of drug-likeness (QED) is 0.819. The molecule has 1 aromatic rings. The Morgan fingerprint density at radius 1 is 1.41 bits per heavy atom. The average molecular weight is 234 g/mol. The van der Waals surface area contributed by atoms with Gasteiger partial charge in [-0.25, -0.2) is 9.97 Å². The molecule has 2 rings (SSSR count). The van der Waals surface area contributed by atoms with Crippen LogP contribution in [0.3, 0.4) is 0 Å². The number of hydrogen-bond acceptors (Lipinski definition) is 4. The summed E-state index contributed by atoms with van der Waals surface area (Å²) in [4.78, 5) is 11.5. The molecule has 1 heterocycles. The SMILES string of the molecule is CCCN(Cc1nc(C)cc(NC)n1)C1CC1. The molecule has 0 spiro atoms. The van der Waals surface area contributed by atoms with E-state index in [2.05, 4.69) is 27.1 Å². The highest BCUT2D eigenvalue weighted by atomic mass is 15.2. The molecule has 1 fully saturated rings. The first-order valence-electron chi connectivity index (χ1n) is 6.49. The average Bonchev–Trinajstić information content (AvgIpc) is 3.11. The maximum Gasteiger partial charge on any atom is 0.144 e. The van der Waals surface area contributed by atoms with Crippen molar-refractivity contribution in [1.82, 2.24) is 14.9 Å². The van der Waals surface area contributed by atoms with Gasteiger partial charge in [0.25, 0.3) is 0 Å². The fourth-order valence-corrected chi connectivity index (χ4v) is 2.13. The monoisotopic (exact) mass is 234 g/mol. The van der Waals surface area contributed by atoms with Crippen LogP contribution in [0.2, 0.25) is 0 Å². The highest BCUT2D eigenvalue weighted by Gasteiger charge is 2.28. The Morgan fingerprint density at radius 3 is 2.76 bits per heavy atom. The zero-order valence-corrected chi connectivity index (χ0v) is 11.0. The van der Waals surface area contributed by atoms with Gasteiger partial charge in [-0.1, -0.05) is 6.92 Å². The molecule has 17 heavy (non-hydrogen) atoms. The number of hydrogen-bond donors (Lipinski definition) is 1. The summed E-state index contributed by atoms with van der Waals surface area (Å²) >= 11 is 0. The molecule has 94 valence electrons. The normalized spacial score (nSPS) is 15.3. The lowest BCUT2D eigenvalue weighted by atomic mass is 10.3. The minimum atomic E-state index is 0.775. The number of anilines is 1. The molecule has 1 aromatic heterocycles. The Kier molecular flexibility index (Phi) is 3.94. The van der Waals surface area contributed by atoms with Crippen LogP contribution in [0.1, 0.15) is 37.7 Å². The summed E-state index contributed by atoms with van der Waals surface area (Å²) in [5.41, 5.74) is 1.03. The van der Waals surface area contributed by atoms with Crippen LogP contribution in [0.25, 0.3) is 0 Å². The number of rotatable bonds is 6. The second kappa shape index (κ2) is 5.45. The van der Waals surface area contributed by atoms with E-state index < -0.39 is 0 Å². The summed E-state index contributed by atoms with van der Waals surface area (Å²) in [5, 5.41) is 3.09. The third-order valence-corrected chi connectivity index (χ3v) is 3.08. The minimum absolute atomic E-state index is 0.775. The summed E-state index contributed by atoms with van der Waals surface area (Å²) < 4.78 is 0. The highest BCUT2D eigenvalue weighted by Crippen LogP contribution is 2.28. The van der Waals surface area contributed by atoms with Crippen molar-refractivity contribution in [2.75, 3.05) is 18.9 Å². The maximum atomic E-state index is 4.52. The van der Waals surface area contributed by atoms with E-state index in [-0.39, 0.29) is 0 Å². The lowest BCUT2D eigenvalue weighted by Crippen LogP contribution is -2.27. The molecule has 1 N–H and O–H groups in total. The lowest BCUT2D eigenvalue weighted by molar-refractivity contribution is 0.249. The van der Waals surface area contributed by atoms with Crippen LogP contribution < -0.4 is 5.32 Å². The summed E-state index contributed by atoms with van der Waals surface area (Å²) in [7, 11) is 1.90. The van der Waals surface area contributed by atoms with E-state index in [1.54, 1.807) is 0 Å². The van der Waals surface area contributed by atoms with Crippen molar-refractivity contribution >= 4 is 5.82 Å². The van der Waals surface area contributed by atoms with Gasteiger partial charge >= 0.3 is 0 Å². The molecule has 0 radical (unpaired) electrons. The summed E-state index contributed by atoms with van der Waals surface area (Å²) in [6, 6.07) is 2.75. The fourth-order valence-electron chi connectivity index (χ4n) is 2.13. The second-order valence-electron chi connectivity index (χ2n) is 4.76. The molecule has 0 saturated heterocycles. The van der Waals surface area contributed by atoms with E-state index in [4.69, 9.17) is 0 Å². The van der Waals surface area contributed by atoms with E-state index in [9.17, 15) is 0 Å². The van der Waals surface area contributed by atoms with Gasteiger partial charge in [0.2, 0.25) is 0 Å². The third-order valence-electron chi connectivity index (χ3n) is 3.08. The summed E-state index contributed by atoms with van der Waals surface area (Å²) in [5.74, 6) is 1.86. The number of aromatic nitrogens is 2. The molecule has 1 aliphatic rings. The Morgan fingerprint density at radius 2 is 2.18 bits per heavy atom. The molecule has 4 nitrogen and oxygen atoms in total. The number of aryl methyl sites for hydroxylation is 1. The van der Waals surface area contributed by atoms with Gasteiger partial charge in [-0.3, -0.25) is 4.90 Å². The largest absolute Gasteiger partial charge is 0.373 e. The first-order chi connectivity index (χ1) is 8.22. The van der Waals surface area contributed by atoms with Crippen LogP contribution in [0.4, 0.5) is 5.82 Å². The standard InChI is InChI=1S/C13H22N4/c1-4-7-17(11-5-6-11)9-13-15-10(2)8-12(14-3)16-13/h8,11H,4-7,9H2,1-3H3,(H,14,15,16). The van der Waals surface area contributed by atoms with Crippen LogP contribution >= 0.6 is 0 Å². The molecule has 1 aliphatic carbocycles. The van der Waals surface area contributed by atoms with E-state index in [1.165, 1.54) is 19.3 Å². The number of nitrogens with one attached hydrogen (secondary N) is 1. The molecule has 0 amide bonds. The van der Waals surface area contributed by atoms with Crippen molar-refractivity contribution < 1.29 is 0 Å². The predicted octanol–water partition coefficient (Wildman–Crippen LogP) is 2.20. The van der Waals surface area contributed by atoms with Gasteiger partial charge in [0.1, 0.15) is 11.6 Å². The Labute approximate surface area is 103 Å². The second-order valence-corrected chi connectivity index (χ2v) is 4.76. The predicted molar refractivity (Wildman–Crippen MR) is 70.0 cm³/mol. The van der Waals surface area contributed by atoms with Crippen LogP contribution in [0.5, 0.6) is 0 Å². The minimum Gasteiger partial charge on any atom is -0.373 e. The van der Waals surface area contributed by atoms with Crippen molar-refractivity contribution in [2.45, 2.75) is 45.7 Å². The zero-order valence-electron chi connectivity index (χ0n) is 11.0. The molecule has 0 aromatic carbocycles. The molecule has 0 atom stereocenters.